The molecule has 158 valence electrons. The van der Waals surface area contributed by atoms with E-state index < -0.39 is 17.3 Å². The number of aromatic nitrogens is 3. The molecule has 4 rings (SSSR count). The van der Waals surface area contributed by atoms with Crippen LogP contribution in [0.3, 0.4) is 0 Å². The molecule has 2 aliphatic rings. The standard InChI is InChI=1S/C20H28N4O5/c1-18(2)7-12(8-18)16(25)28-9-19(3)17(27-4)20(26,10-29-19)14-6-5-13-15(21)22-11-23-24(13)14/h5-6,11-12,17,26H,7-10H2,1-4H3,(H2,21,22,23)/t17-,19-,20-/m1/s1. The monoisotopic (exact) mass is 404 g/mol. The van der Waals surface area contributed by atoms with Crippen molar-refractivity contribution < 1.29 is 24.1 Å². The normalized spacial score (nSPS) is 31.7. The quantitative estimate of drug-likeness (QED) is 0.715. The minimum Gasteiger partial charge on any atom is -0.462 e. The first-order chi connectivity index (χ1) is 13.6. The van der Waals surface area contributed by atoms with E-state index in [1.165, 1.54) is 18.0 Å². The summed E-state index contributed by atoms with van der Waals surface area (Å²) in [5, 5.41) is 15.7. The zero-order valence-electron chi connectivity index (χ0n) is 17.2. The van der Waals surface area contributed by atoms with Crippen LogP contribution in [0, 0.1) is 11.3 Å². The van der Waals surface area contributed by atoms with Gasteiger partial charge in [0.2, 0.25) is 0 Å². The smallest absolute Gasteiger partial charge is 0.309 e. The van der Waals surface area contributed by atoms with Gasteiger partial charge in [-0.3, -0.25) is 4.79 Å². The molecule has 0 amide bonds. The largest absolute Gasteiger partial charge is 0.462 e. The fraction of sp³-hybridized carbons (Fsp3) is 0.650. The van der Waals surface area contributed by atoms with Crippen LogP contribution in [0.5, 0.6) is 0 Å². The summed E-state index contributed by atoms with van der Waals surface area (Å²) in [5.74, 6) is 0.0000645. The van der Waals surface area contributed by atoms with Crippen LogP contribution in [0.15, 0.2) is 18.5 Å². The Bertz CT molecular complexity index is 936. The molecule has 3 N–H and O–H groups in total. The molecular formula is C20H28N4O5. The summed E-state index contributed by atoms with van der Waals surface area (Å²) in [6.07, 6.45) is 2.18. The average molecular weight is 404 g/mol. The Morgan fingerprint density at radius 2 is 2.10 bits per heavy atom. The van der Waals surface area contributed by atoms with Crippen LogP contribution in [0.2, 0.25) is 0 Å². The van der Waals surface area contributed by atoms with Crippen LogP contribution in [-0.2, 0) is 24.6 Å². The molecule has 3 atom stereocenters. The van der Waals surface area contributed by atoms with Crippen molar-refractivity contribution in [1.82, 2.24) is 14.6 Å². The maximum absolute atomic E-state index is 12.4. The minimum absolute atomic E-state index is 0.00991. The van der Waals surface area contributed by atoms with Gasteiger partial charge in [-0.2, -0.15) is 5.10 Å². The number of aliphatic hydroxyl groups is 1. The molecule has 2 aromatic heterocycles. The first-order valence-electron chi connectivity index (χ1n) is 9.74. The minimum atomic E-state index is -1.50. The molecule has 9 nitrogen and oxygen atoms in total. The Morgan fingerprint density at radius 1 is 1.38 bits per heavy atom. The number of methoxy groups -OCH3 is 1. The Hall–Kier alpha value is -2.23. The number of carbonyl (C=O) groups is 1. The Morgan fingerprint density at radius 3 is 2.76 bits per heavy atom. The third kappa shape index (κ3) is 3.17. The average Bonchev–Trinajstić information content (AvgIpc) is 3.19. The predicted molar refractivity (Wildman–Crippen MR) is 104 cm³/mol. The summed E-state index contributed by atoms with van der Waals surface area (Å²) >= 11 is 0. The first kappa shape index (κ1) is 20.1. The topological polar surface area (TPSA) is 121 Å². The van der Waals surface area contributed by atoms with E-state index in [1.54, 1.807) is 19.1 Å². The lowest BCUT2D eigenvalue weighted by molar-refractivity contribution is -0.171. The maximum atomic E-state index is 12.4. The second kappa shape index (κ2) is 6.65. The summed E-state index contributed by atoms with van der Waals surface area (Å²) in [4.78, 5) is 16.4. The van der Waals surface area contributed by atoms with Crippen LogP contribution in [-0.4, -0.2) is 57.7 Å². The van der Waals surface area contributed by atoms with Gasteiger partial charge in [0.25, 0.3) is 0 Å². The number of nitrogens with zero attached hydrogens (tertiary/aromatic N) is 3. The predicted octanol–water partition coefficient (Wildman–Crippen LogP) is 1.28. The van der Waals surface area contributed by atoms with Crippen molar-refractivity contribution in [3.05, 3.63) is 24.2 Å². The van der Waals surface area contributed by atoms with Crippen LogP contribution < -0.4 is 5.73 Å². The van der Waals surface area contributed by atoms with Crippen molar-refractivity contribution in [2.75, 3.05) is 26.1 Å². The van der Waals surface area contributed by atoms with E-state index in [2.05, 4.69) is 23.9 Å². The van der Waals surface area contributed by atoms with Gasteiger partial charge in [0, 0.05) is 7.11 Å². The van der Waals surface area contributed by atoms with E-state index in [4.69, 9.17) is 19.9 Å². The summed E-state index contributed by atoms with van der Waals surface area (Å²) in [5.41, 5.74) is 4.64. The molecule has 0 unspecified atom stereocenters. The molecule has 1 aliphatic carbocycles. The highest BCUT2D eigenvalue weighted by Crippen LogP contribution is 2.46. The van der Waals surface area contributed by atoms with Gasteiger partial charge in [-0.15, -0.1) is 0 Å². The number of ether oxygens (including phenoxy) is 3. The number of esters is 1. The lowest BCUT2D eigenvalue weighted by atomic mass is 9.64. The molecule has 29 heavy (non-hydrogen) atoms. The van der Waals surface area contributed by atoms with Crippen molar-refractivity contribution in [3.8, 4) is 0 Å². The lowest BCUT2D eigenvalue weighted by Crippen LogP contribution is -2.51. The molecule has 2 fully saturated rings. The van der Waals surface area contributed by atoms with Crippen molar-refractivity contribution >= 4 is 17.3 Å². The molecule has 0 radical (unpaired) electrons. The van der Waals surface area contributed by atoms with Crippen LogP contribution >= 0.6 is 0 Å². The molecule has 1 saturated heterocycles. The molecule has 0 aromatic carbocycles. The fourth-order valence-corrected chi connectivity index (χ4v) is 4.76. The van der Waals surface area contributed by atoms with Gasteiger partial charge in [0.05, 0.1) is 18.2 Å². The maximum Gasteiger partial charge on any atom is 0.309 e. The number of fused-ring (bicyclic) bond motifs is 1. The number of carbonyl (C=O) groups excluding carboxylic acids is 1. The number of nitrogens with two attached hydrogens (primary N) is 1. The van der Waals surface area contributed by atoms with E-state index in [0.717, 1.165) is 12.8 Å². The third-order valence-electron chi connectivity index (χ3n) is 6.20. The van der Waals surface area contributed by atoms with Crippen molar-refractivity contribution in [2.45, 2.75) is 50.9 Å². The number of hydrogen-bond donors (Lipinski definition) is 2. The Kier molecular flexibility index (Phi) is 4.60. The number of hydrogen-bond acceptors (Lipinski definition) is 8. The van der Waals surface area contributed by atoms with Gasteiger partial charge in [-0.25, -0.2) is 9.50 Å². The Balaban J connectivity index is 1.54. The molecule has 0 spiro atoms. The highest BCUT2D eigenvalue weighted by molar-refractivity contribution is 5.73. The van der Waals surface area contributed by atoms with Gasteiger partial charge in [-0.05, 0) is 37.3 Å². The van der Waals surface area contributed by atoms with Crippen molar-refractivity contribution in [3.63, 3.8) is 0 Å². The summed E-state index contributed by atoms with van der Waals surface area (Å²) in [6, 6.07) is 3.47. The highest BCUT2D eigenvalue weighted by Gasteiger charge is 2.59. The Labute approximate surface area is 169 Å². The van der Waals surface area contributed by atoms with E-state index in [-0.39, 0.29) is 30.5 Å². The van der Waals surface area contributed by atoms with E-state index in [1.807, 2.05) is 0 Å². The van der Waals surface area contributed by atoms with Gasteiger partial charge >= 0.3 is 5.97 Å². The van der Waals surface area contributed by atoms with Crippen LogP contribution in [0.25, 0.3) is 5.52 Å². The molecule has 0 bridgehead atoms. The third-order valence-corrected chi connectivity index (χ3v) is 6.20. The molecule has 2 aromatic rings. The van der Waals surface area contributed by atoms with Gasteiger partial charge in [-0.1, -0.05) is 13.8 Å². The number of anilines is 1. The van der Waals surface area contributed by atoms with Gasteiger partial charge in [0.15, 0.2) is 11.4 Å². The van der Waals surface area contributed by atoms with E-state index >= 15 is 0 Å². The molecule has 9 heteroatoms. The second-order valence-corrected chi connectivity index (χ2v) is 9.18. The fourth-order valence-electron chi connectivity index (χ4n) is 4.76. The summed E-state index contributed by atoms with van der Waals surface area (Å²) in [7, 11) is 1.50. The first-order valence-corrected chi connectivity index (χ1v) is 9.74. The SMILES string of the molecule is CO[C@@H]1[C@@](C)(COC(=O)C2CC(C)(C)C2)OC[C@@]1(O)c1ccc2c(N)ncnn12. The zero-order valence-corrected chi connectivity index (χ0v) is 17.2. The molecule has 3 heterocycles. The molecule has 1 aliphatic heterocycles. The molecular weight excluding hydrogens is 376 g/mol. The zero-order chi connectivity index (χ0) is 21.0. The van der Waals surface area contributed by atoms with Crippen molar-refractivity contribution in [1.29, 1.82) is 0 Å². The van der Waals surface area contributed by atoms with Gasteiger partial charge in [0.1, 0.15) is 30.2 Å². The number of rotatable bonds is 5. The van der Waals surface area contributed by atoms with Crippen molar-refractivity contribution in [2.24, 2.45) is 11.3 Å². The van der Waals surface area contributed by atoms with Crippen LogP contribution in [0.1, 0.15) is 39.3 Å². The van der Waals surface area contributed by atoms with E-state index in [0.29, 0.717) is 17.0 Å². The van der Waals surface area contributed by atoms with Crippen LogP contribution in [0.4, 0.5) is 5.82 Å². The van der Waals surface area contributed by atoms with Gasteiger partial charge < -0.3 is 25.1 Å². The second-order valence-electron chi connectivity index (χ2n) is 9.18. The molecule has 1 saturated carbocycles. The summed E-state index contributed by atoms with van der Waals surface area (Å²) < 4.78 is 18.7. The highest BCUT2D eigenvalue weighted by atomic mass is 16.6. The lowest BCUT2D eigenvalue weighted by Gasteiger charge is -2.41. The van der Waals surface area contributed by atoms with E-state index in [9.17, 15) is 9.90 Å². The summed E-state index contributed by atoms with van der Waals surface area (Å²) in [6.45, 7) is 6.00. The number of nitrogen functional groups attached to an aromatic ring is 1.